The van der Waals surface area contributed by atoms with Crippen LogP contribution in [0.25, 0.3) is 0 Å². The third-order valence-corrected chi connectivity index (χ3v) is 4.34. The third kappa shape index (κ3) is 6.34. The molecule has 0 bridgehead atoms. The average Bonchev–Trinajstić information content (AvgIpc) is 2.76. The Labute approximate surface area is 174 Å². The van der Waals surface area contributed by atoms with Crippen LogP contribution in [-0.2, 0) is 6.42 Å². The van der Waals surface area contributed by atoms with E-state index in [0.29, 0.717) is 36.4 Å². The maximum Gasteiger partial charge on any atom is 0.412 e. The molecule has 30 heavy (non-hydrogen) atoms. The average molecular weight is 406 g/mol. The molecule has 3 aromatic rings. The number of nitrogens with zero attached hydrogens (tertiary/aromatic N) is 1. The summed E-state index contributed by atoms with van der Waals surface area (Å²) >= 11 is 0. The molecule has 0 aliphatic heterocycles. The van der Waals surface area contributed by atoms with Gasteiger partial charge in [-0.05, 0) is 55.7 Å². The van der Waals surface area contributed by atoms with Gasteiger partial charge >= 0.3 is 6.09 Å². The smallest absolute Gasteiger partial charge is 0.412 e. The zero-order valence-corrected chi connectivity index (χ0v) is 16.3. The van der Waals surface area contributed by atoms with E-state index in [2.05, 4.69) is 5.32 Å². The largest absolute Gasteiger partial charge is 0.457 e. The lowest BCUT2D eigenvalue weighted by Gasteiger charge is -2.08. The highest BCUT2D eigenvalue weighted by molar-refractivity contribution is 5.70. The third-order valence-electron chi connectivity index (χ3n) is 4.34. The van der Waals surface area contributed by atoms with Crippen LogP contribution in [0.2, 0.25) is 0 Å². The second-order valence-electron chi connectivity index (χ2n) is 6.55. The summed E-state index contributed by atoms with van der Waals surface area (Å²) in [5.74, 6) is 1.78. The highest BCUT2D eigenvalue weighted by Crippen LogP contribution is 2.23. The van der Waals surface area contributed by atoms with Crippen molar-refractivity contribution in [2.45, 2.75) is 19.3 Å². The number of unbranched alkanes of at least 4 members (excludes halogenated alkanes) is 1. The lowest BCUT2D eigenvalue weighted by Crippen LogP contribution is -2.27. The topological polar surface area (TPSA) is 90.7 Å². The number of nitro benzene ring substituents is 1. The number of nitro groups is 1. The molecule has 0 saturated carbocycles. The van der Waals surface area contributed by atoms with Crippen LogP contribution in [0, 0.1) is 10.1 Å². The van der Waals surface area contributed by atoms with Gasteiger partial charge in [-0.15, -0.1) is 0 Å². The highest BCUT2D eigenvalue weighted by Gasteiger charge is 2.11. The molecule has 0 unspecified atom stereocenters. The molecule has 0 aliphatic rings. The van der Waals surface area contributed by atoms with E-state index >= 15 is 0 Å². The zero-order chi connectivity index (χ0) is 21.2. The summed E-state index contributed by atoms with van der Waals surface area (Å²) in [4.78, 5) is 22.5. The number of ether oxygens (including phenoxy) is 2. The van der Waals surface area contributed by atoms with Crippen molar-refractivity contribution in [3.8, 4) is 17.2 Å². The van der Waals surface area contributed by atoms with Crippen LogP contribution in [0.4, 0.5) is 10.5 Å². The van der Waals surface area contributed by atoms with Crippen molar-refractivity contribution in [2.24, 2.45) is 0 Å². The van der Waals surface area contributed by atoms with Crippen molar-refractivity contribution in [3.63, 3.8) is 0 Å². The number of carbonyl (C=O) groups excluding carboxylic acids is 1. The van der Waals surface area contributed by atoms with E-state index in [-0.39, 0.29) is 10.6 Å². The Morgan fingerprint density at radius 1 is 0.833 bits per heavy atom. The number of hydrogen-bond acceptors (Lipinski definition) is 5. The van der Waals surface area contributed by atoms with Gasteiger partial charge in [-0.25, -0.2) is 4.79 Å². The maximum absolute atomic E-state index is 11.9. The number of rotatable bonds is 9. The molecule has 0 saturated heterocycles. The summed E-state index contributed by atoms with van der Waals surface area (Å²) in [5, 5.41) is 13.7. The monoisotopic (exact) mass is 406 g/mol. The van der Waals surface area contributed by atoms with Gasteiger partial charge in [0.2, 0.25) is 0 Å². The normalized spacial score (nSPS) is 10.3. The van der Waals surface area contributed by atoms with Crippen LogP contribution in [0.3, 0.4) is 0 Å². The van der Waals surface area contributed by atoms with E-state index in [9.17, 15) is 14.9 Å². The maximum atomic E-state index is 11.9. The van der Waals surface area contributed by atoms with Crippen LogP contribution in [0.5, 0.6) is 17.2 Å². The Hall–Kier alpha value is -3.87. The second kappa shape index (κ2) is 10.6. The van der Waals surface area contributed by atoms with Gasteiger partial charge in [0, 0.05) is 18.2 Å². The van der Waals surface area contributed by atoms with Crippen LogP contribution < -0.4 is 14.8 Å². The van der Waals surface area contributed by atoms with Gasteiger partial charge in [-0.1, -0.05) is 36.4 Å². The van der Waals surface area contributed by atoms with Crippen LogP contribution >= 0.6 is 0 Å². The first-order valence-corrected chi connectivity index (χ1v) is 9.63. The summed E-state index contributed by atoms with van der Waals surface area (Å²) in [6, 6.07) is 22.9. The predicted molar refractivity (Wildman–Crippen MR) is 113 cm³/mol. The Morgan fingerprint density at radius 3 is 2.20 bits per heavy atom. The van der Waals surface area contributed by atoms with Crippen LogP contribution in [-0.4, -0.2) is 17.6 Å². The quantitative estimate of drug-likeness (QED) is 0.288. The van der Waals surface area contributed by atoms with Crippen molar-refractivity contribution in [1.29, 1.82) is 0 Å². The second-order valence-corrected chi connectivity index (χ2v) is 6.55. The Bertz CT molecular complexity index is 974. The fourth-order valence-electron chi connectivity index (χ4n) is 2.87. The van der Waals surface area contributed by atoms with E-state index < -0.39 is 6.09 Å². The number of para-hydroxylation sites is 2. The van der Waals surface area contributed by atoms with Gasteiger partial charge in [-0.2, -0.15) is 0 Å². The molecule has 7 heteroatoms. The first-order chi connectivity index (χ1) is 14.6. The lowest BCUT2D eigenvalue weighted by molar-refractivity contribution is -0.385. The van der Waals surface area contributed by atoms with Gasteiger partial charge in [0.15, 0.2) is 0 Å². The van der Waals surface area contributed by atoms with E-state index in [1.165, 1.54) is 6.07 Å². The van der Waals surface area contributed by atoms with Crippen LogP contribution in [0.1, 0.15) is 18.4 Å². The molecule has 1 N–H and O–H groups in total. The molecule has 0 aliphatic carbocycles. The van der Waals surface area contributed by atoms with Gasteiger partial charge in [0.05, 0.1) is 4.92 Å². The number of aryl methyl sites for hydroxylation is 1. The van der Waals surface area contributed by atoms with Crippen molar-refractivity contribution in [2.75, 3.05) is 6.54 Å². The molecule has 0 atom stereocenters. The van der Waals surface area contributed by atoms with E-state index in [1.807, 2.05) is 30.3 Å². The molecular formula is C23H22N2O5. The molecule has 0 radical (unpaired) electrons. The van der Waals surface area contributed by atoms with Crippen molar-refractivity contribution in [3.05, 3.63) is 94.5 Å². The number of carbonyl (C=O) groups is 1. The van der Waals surface area contributed by atoms with E-state index in [4.69, 9.17) is 9.47 Å². The summed E-state index contributed by atoms with van der Waals surface area (Å²) in [7, 11) is 0. The SMILES string of the molecule is O=C(NCCCCc1ccccc1[N+](=O)[O-])Oc1ccc(Oc2ccccc2)cc1. The summed E-state index contributed by atoms with van der Waals surface area (Å²) in [5.41, 5.74) is 0.826. The first kappa shape index (κ1) is 20.9. The minimum atomic E-state index is -0.544. The first-order valence-electron chi connectivity index (χ1n) is 9.63. The number of nitrogens with one attached hydrogen (secondary N) is 1. The number of benzene rings is 3. The Balaban J connectivity index is 1.37. The van der Waals surface area contributed by atoms with Gasteiger partial charge in [0.25, 0.3) is 5.69 Å². The van der Waals surface area contributed by atoms with Gasteiger partial charge in [-0.3, -0.25) is 10.1 Å². The molecule has 0 aromatic heterocycles. The molecule has 0 fully saturated rings. The van der Waals surface area contributed by atoms with Gasteiger partial charge in [0.1, 0.15) is 17.2 Å². The molecule has 3 aromatic carbocycles. The molecular weight excluding hydrogens is 384 g/mol. The summed E-state index contributed by atoms with van der Waals surface area (Å²) in [6.45, 7) is 0.425. The van der Waals surface area contributed by atoms with E-state index in [1.54, 1.807) is 42.5 Å². The fraction of sp³-hybridized carbons (Fsp3) is 0.174. The summed E-state index contributed by atoms with van der Waals surface area (Å²) in [6.07, 6.45) is 1.44. The molecule has 7 nitrogen and oxygen atoms in total. The number of amides is 1. The van der Waals surface area contributed by atoms with Crippen molar-refractivity contribution < 1.29 is 19.2 Å². The molecule has 3 rings (SSSR count). The molecule has 0 spiro atoms. The minimum Gasteiger partial charge on any atom is -0.457 e. The van der Waals surface area contributed by atoms with Gasteiger partial charge < -0.3 is 14.8 Å². The minimum absolute atomic E-state index is 0.129. The Morgan fingerprint density at radius 2 is 1.47 bits per heavy atom. The van der Waals surface area contributed by atoms with Crippen LogP contribution in [0.15, 0.2) is 78.9 Å². The standard InChI is InChI=1S/C23H22N2O5/c26-23(24-17-7-6-9-18-8-4-5-12-22(18)25(27)28)30-21-15-13-20(14-16-21)29-19-10-2-1-3-11-19/h1-5,8,10-16H,6-7,9,17H2,(H,24,26). The lowest BCUT2D eigenvalue weighted by atomic mass is 10.1. The van der Waals surface area contributed by atoms with E-state index in [0.717, 1.165) is 12.2 Å². The molecule has 154 valence electrons. The molecule has 0 heterocycles. The van der Waals surface area contributed by atoms with Crippen molar-refractivity contribution >= 4 is 11.8 Å². The number of hydrogen-bond donors (Lipinski definition) is 1. The van der Waals surface area contributed by atoms with Crippen molar-refractivity contribution in [1.82, 2.24) is 5.32 Å². The molecule has 1 amide bonds. The fourth-order valence-corrected chi connectivity index (χ4v) is 2.87. The zero-order valence-electron chi connectivity index (χ0n) is 16.3. The summed E-state index contributed by atoms with van der Waals surface area (Å²) < 4.78 is 10.9. The highest BCUT2D eigenvalue weighted by atomic mass is 16.6. The predicted octanol–water partition coefficient (Wildman–Crippen LogP) is 5.50. The Kier molecular flexibility index (Phi) is 7.38.